The van der Waals surface area contributed by atoms with Crippen LogP contribution in [0.5, 0.6) is 0 Å². The summed E-state index contributed by atoms with van der Waals surface area (Å²) in [4.78, 5) is 11.3. The van der Waals surface area contributed by atoms with E-state index in [-0.39, 0.29) is 37.8 Å². The number of hydrogen-bond acceptors (Lipinski definition) is 7. The topological polar surface area (TPSA) is 105 Å². The molecule has 0 heterocycles. The van der Waals surface area contributed by atoms with E-state index in [9.17, 15) is 15.0 Å². The lowest BCUT2D eigenvalue weighted by Crippen LogP contribution is -2.37. The number of rotatable bonds is 20. The van der Waals surface area contributed by atoms with Gasteiger partial charge in [-0.1, -0.05) is 51.9 Å². The summed E-state index contributed by atoms with van der Waals surface area (Å²) in [6, 6.07) is 0. The highest BCUT2D eigenvalue weighted by Gasteiger charge is 2.26. The average Bonchev–Trinajstić information content (AvgIpc) is 2.71. The Morgan fingerprint density at radius 2 is 1.34 bits per heavy atom. The first kappa shape index (κ1) is 28.3. The lowest BCUT2D eigenvalue weighted by Gasteiger charge is -2.27. The predicted octanol–water partition coefficient (Wildman–Crippen LogP) is 2.97. The van der Waals surface area contributed by atoms with E-state index < -0.39 is 12.2 Å². The smallest absolute Gasteiger partial charge is 0.305 e. The van der Waals surface area contributed by atoms with Crippen LogP contribution in [0.1, 0.15) is 84.0 Å². The van der Waals surface area contributed by atoms with Gasteiger partial charge in [0, 0.05) is 27.1 Å². The normalized spacial score (nSPS) is 15.7. The minimum atomic E-state index is -0.709. The predicted molar refractivity (Wildman–Crippen MR) is 113 cm³/mol. The first-order valence-corrected chi connectivity index (χ1v) is 11.2. The summed E-state index contributed by atoms with van der Waals surface area (Å²) in [5.41, 5.74) is 0. The third-order valence-corrected chi connectivity index (χ3v) is 5.26. The molecule has 0 amide bonds. The van der Waals surface area contributed by atoms with Crippen LogP contribution in [0.2, 0.25) is 0 Å². The van der Waals surface area contributed by atoms with Gasteiger partial charge < -0.3 is 29.5 Å². The summed E-state index contributed by atoms with van der Waals surface area (Å²) in [5, 5.41) is 29.4. The highest BCUT2D eigenvalue weighted by atomic mass is 16.5. The largest absolute Gasteiger partial charge is 0.463 e. The number of aliphatic hydroxyl groups excluding tert-OH is 3. The summed E-state index contributed by atoms with van der Waals surface area (Å²) >= 11 is 0. The molecule has 0 fully saturated rings. The quantitative estimate of drug-likeness (QED) is 0.205. The Labute approximate surface area is 176 Å². The van der Waals surface area contributed by atoms with Gasteiger partial charge in [0.05, 0.1) is 31.0 Å². The molecule has 29 heavy (non-hydrogen) atoms. The van der Waals surface area contributed by atoms with Gasteiger partial charge >= 0.3 is 5.97 Å². The van der Waals surface area contributed by atoms with Crippen LogP contribution in [0.15, 0.2) is 0 Å². The van der Waals surface area contributed by atoms with Crippen molar-refractivity contribution in [2.45, 2.75) is 108 Å². The molecule has 0 spiro atoms. The molecule has 0 bridgehead atoms. The third-order valence-electron chi connectivity index (χ3n) is 5.26. The number of esters is 1. The summed E-state index contributed by atoms with van der Waals surface area (Å²) in [5.74, 6) is -0.247. The van der Waals surface area contributed by atoms with Crippen molar-refractivity contribution in [1.29, 1.82) is 0 Å². The standard InChI is InChI=1S/C22H44O7/c1-4-5-12-20(27-2)18(24)17-19(25)21(28-3)13-10-8-6-7-9-11-14-22(26)29-16-15-23/h18-21,23-25H,4-17H2,1-3H3. The molecule has 0 aliphatic carbocycles. The van der Waals surface area contributed by atoms with Crippen molar-refractivity contribution >= 4 is 5.97 Å². The second-order valence-electron chi connectivity index (χ2n) is 7.67. The van der Waals surface area contributed by atoms with Crippen LogP contribution in [0.4, 0.5) is 0 Å². The van der Waals surface area contributed by atoms with Crippen molar-refractivity contribution in [3.05, 3.63) is 0 Å². The molecule has 4 atom stereocenters. The number of carbonyl (C=O) groups is 1. The van der Waals surface area contributed by atoms with Gasteiger partial charge in [-0.05, 0) is 19.3 Å². The van der Waals surface area contributed by atoms with E-state index in [1.807, 2.05) is 0 Å². The second-order valence-corrected chi connectivity index (χ2v) is 7.67. The number of ether oxygens (including phenoxy) is 3. The molecular formula is C22H44O7. The lowest BCUT2D eigenvalue weighted by atomic mass is 9.96. The van der Waals surface area contributed by atoms with Crippen molar-refractivity contribution in [3.8, 4) is 0 Å². The molecule has 0 aromatic heterocycles. The molecule has 0 rings (SSSR count). The van der Waals surface area contributed by atoms with Gasteiger partial charge in [-0.15, -0.1) is 0 Å². The van der Waals surface area contributed by atoms with Crippen LogP contribution >= 0.6 is 0 Å². The molecule has 7 heteroatoms. The summed E-state index contributed by atoms with van der Waals surface area (Å²) in [7, 11) is 3.20. The van der Waals surface area contributed by atoms with Crippen LogP contribution < -0.4 is 0 Å². The molecular weight excluding hydrogens is 376 g/mol. The number of aliphatic hydroxyl groups is 3. The molecule has 4 unspecified atom stereocenters. The Hall–Kier alpha value is -0.730. The molecule has 0 aliphatic rings. The number of hydrogen-bond donors (Lipinski definition) is 3. The second kappa shape index (κ2) is 19.2. The van der Waals surface area contributed by atoms with Crippen molar-refractivity contribution in [2.75, 3.05) is 27.4 Å². The summed E-state index contributed by atoms with van der Waals surface area (Å²) < 4.78 is 15.6. The van der Waals surface area contributed by atoms with E-state index in [1.165, 1.54) is 0 Å². The highest BCUT2D eigenvalue weighted by molar-refractivity contribution is 5.69. The van der Waals surface area contributed by atoms with E-state index in [0.717, 1.165) is 64.2 Å². The third kappa shape index (κ3) is 14.8. The van der Waals surface area contributed by atoms with E-state index >= 15 is 0 Å². The van der Waals surface area contributed by atoms with Gasteiger partial charge in [0.1, 0.15) is 6.61 Å². The zero-order valence-electron chi connectivity index (χ0n) is 18.7. The fraction of sp³-hybridized carbons (Fsp3) is 0.955. The Balaban J connectivity index is 3.90. The van der Waals surface area contributed by atoms with E-state index in [0.29, 0.717) is 6.42 Å². The molecule has 0 saturated carbocycles. The van der Waals surface area contributed by atoms with Crippen LogP contribution in [0, 0.1) is 0 Å². The molecule has 0 aliphatic heterocycles. The fourth-order valence-corrected chi connectivity index (χ4v) is 3.44. The van der Waals surface area contributed by atoms with Gasteiger partial charge in [0.25, 0.3) is 0 Å². The number of unbranched alkanes of at least 4 members (excludes halogenated alkanes) is 6. The summed E-state index contributed by atoms with van der Waals surface area (Å²) in [6.45, 7) is 2.04. The number of methoxy groups -OCH3 is 2. The molecule has 3 N–H and O–H groups in total. The van der Waals surface area contributed by atoms with Crippen LogP contribution in [-0.4, -0.2) is 73.1 Å². The van der Waals surface area contributed by atoms with Gasteiger partial charge in [-0.25, -0.2) is 0 Å². The van der Waals surface area contributed by atoms with Gasteiger partial charge in [-0.2, -0.15) is 0 Å². The van der Waals surface area contributed by atoms with Gasteiger partial charge in [0.15, 0.2) is 0 Å². The summed E-state index contributed by atoms with van der Waals surface area (Å²) in [6.07, 6.45) is 8.22. The van der Waals surface area contributed by atoms with E-state index in [4.69, 9.17) is 19.3 Å². The highest BCUT2D eigenvalue weighted by Crippen LogP contribution is 2.19. The molecule has 7 nitrogen and oxygen atoms in total. The maximum atomic E-state index is 11.3. The Morgan fingerprint density at radius 3 is 1.86 bits per heavy atom. The van der Waals surface area contributed by atoms with Crippen molar-refractivity contribution in [2.24, 2.45) is 0 Å². The zero-order valence-corrected chi connectivity index (χ0v) is 18.7. The van der Waals surface area contributed by atoms with Crippen LogP contribution in [0.3, 0.4) is 0 Å². The van der Waals surface area contributed by atoms with Crippen LogP contribution in [-0.2, 0) is 19.0 Å². The van der Waals surface area contributed by atoms with Gasteiger partial charge in [-0.3, -0.25) is 4.79 Å². The van der Waals surface area contributed by atoms with Crippen LogP contribution in [0.25, 0.3) is 0 Å². The van der Waals surface area contributed by atoms with Crippen molar-refractivity contribution in [3.63, 3.8) is 0 Å². The molecule has 0 saturated heterocycles. The van der Waals surface area contributed by atoms with E-state index in [2.05, 4.69) is 6.92 Å². The minimum Gasteiger partial charge on any atom is -0.463 e. The SMILES string of the molecule is CCCCC(OC)C(O)CC(O)C(CCCCCCCCC(=O)OCCO)OC. The average molecular weight is 421 g/mol. The first-order valence-electron chi connectivity index (χ1n) is 11.2. The minimum absolute atomic E-state index is 0.0766. The Kier molecular flexibility index (Phi) is 18.8. The van der Waals surface area contributed by atoms with Crippen molar-refractivity contribution < 1.29 is 34.3 Å². The fourth-order valence-electron chi connectivity index (χ4n) is 3.44. The monoisotopic (exact) mass is 420 g/mol. The van der Waals surface area contributed by atoms with Crippen molar-refractivity contribution in [1.82, 2.24) is 0 Å². The lowest BCUT2D eigenvalue weighted by molar-refractivity contribution is -0.144. The first-order chi connectivity index (χ1) is 14.0. The Bertz CT molecular complexity index is 378. The molecule has 0 radical (unpaired) electrons. The maximum Gasteiger partial charge on any atom is 0.305 e. The molecule has 0 aromatic rings. The Morgan fingerprint density at radius 1 is 0.828 bits per heavy atom. The maximum absolute atomic E-state index is 11.3. The zero-order chi connectivity index (χ0) is 21.9. The number of carbonyl (C=O) groups excluding carboxylic acids is 1. The molecule has 174 valence electrons. The molecule has 0 aromatic carbocycles. The van der Waals surface area contributed by atoms with Gasteiger partial charge in [0.2, 0.25) is 0 Å². The van der Waals surface area contributed by atoms with E-state index in [1.54, 1.807) is 14.2 Å².